The van der Waals surface area contributed by atoms with Gasteiger partial charge in [-0.25, -0.2) is 0 Å². The Balaban J connectivity index is 0.00000180. The van der Waals surface area contributed by atoms with E-state index in [4.69, 9.17) is 4.74 Å². The fourth-order valence-electron chi connectivity index (χ4n) is 2.11. The summed E-state index contributed by atoms with van der Waals surface area (Å²) in [6, 6.07) is 5.66. The van der Waals surface area contributed by atoms with Gasteiger partial charge in [-0.05, 0) is 41.1 Å². The third-order valence-corrected chi connectivity index (χ3v) is 3.78. The highest BCUT2D eigenvalue weighted by Gasteiger charge is 2.24. The normalized spacial score (nSPS) is 18.7. The van der Waals surface area contributed by atoms with E-state index >= 15 is 0 Å². The highest BCUT2D eigenvalue weighted by atomic mass is 79.9. The maximum atomic E-state index is 12.4. The molecule has 0 saturated carbocycles. The van der Waals surface area contributed by atoms with Crippen LogP contribution >= 0.6 is 28.3 Å². The van der Waals surface area contributed by atoms with Crippen molar-refractivity contribution in [3.63, 3.8) is 0 Å². The van der Waals surface area contributed by atoms with Crippen LogP contribution in [0.25, 0.3) is 0 Å². The van der Waals surface area contributed by atoms with Gasteiger partial charge in [0, 0.05) is 31.2 Å². The molecule has 2 rings (SSSR count). The van der Waals surface area contributed by atoms with Gasteiger partial charge in [-0.1, -0.05) is 0 Å². The van der Waals surface area contributed by atoms with E-state index in [0.717, 1.165) is 29.9 Å². The minimum atomic E-state index is 0. The van der Waals surface area contributed by atoms with E-state index in [0.29, 0.717) is 5.56 Å². The van der Waals surface area contributed by atoms with Crippen LogP contribution in [0, 0.1) is 0 Å². The number of methoxy groups -OCH3 is 1. The monoisotopic (exact) mass is 348 g/mol. The molecule has 1 aliphatic heterocycles. The van der Waals surface area contributed by atoms with E-state index < -0.39 is 0 Å². The van der Waals surface area contributed by atoms with Gasteiger partial charge < -0.3 is 15.0 Å². The Labute approximate surface area is 128 Å². The molecule has 6 heteroatoms. The molecule has 4 nitrogen and oxygen atoms in total. The molecular weight excluding hydrogens is 332 g/mol. The summed E-state index contributed by atoms with van der Waals surface area (Å²) >= 11 is 3.41. The molecule has 1 saturated heterocycles. The number of hydrogen-bond donors (Lipinski definition) is 1. The highest BCUT2D eigenvalue weighted by Crippen LogP contribution is 2.26. The number of nitrogens with zero attached hydrogens (tertiary/aromatic N) is 1. The Kier molecular flexibility index (Phi) is 6.10. The number of ether oxygens (including phenoxy) is 1. The van der Waals surface area contributed by atoms with Gasteiger partial charge in [-0.15, -0.1) is 12.4 Å². The Hall–Kier alpha value is -0.780. The lowest BCUT2D eigenvalue weighted by atomic mass is 10.1. The van der Waals surface area contributed by atoms with Crippen molar-refractivity contribution in [2.24, 2.45) is 0 Å². The van der Waals surface area contributed by atoms with Crippen molar-refractivity contribution in [2.75, 3.05) is 26.7 Å². The van der Waals surface area contributed by atoms with Crippen LogP contribution in [0.3, 0.4) is 0 Å². The number of rotatable bonds is 2. The molecule has 0 radical (unpaired) electrons. The number of nitrogens with one attached hydrogen (secondary N) is 1. The van der Waals surface area contributed by atoms with E-state index in [1.807, 2.05) is 17.0 Å². The minimum absolute atomic E-state index is 0. The van der Waals surface area contributed by atoms with Crippen molar-refractivity contribution in [1.82, 2.24) is 10.2 Å². The molecule has 1 amide bonds. The molecule has 106 valence electrons. The maximum absolute atomic E-state index is 12.4. The molecule has 1 N–H and O–H groups in total. The van der Waals surface area contributed by atoms with Crippen molar-refractivity contribution in [3.8, 4) is 5.75 Å². The molecule has 1 fully saturated rings. The largest absolute Gasteiger partial charge is 0.496 e. The Morgan fingerprint density at radius 3 is 2.84 bits per heavy atom. The second kappa shape index (κ2) is 7.12. The number of piperazine rings is 1. The van der Waals surface area contributed by atoms with Crippen molar-refractivity contribution in [3.05, 3.63) is 28.2 Å². The standard InChI is InChI=1S/C13H17BrN2O2.ClH/c1-9-8-15-5-6-16(9)13(17)10-3-4-12(18-2)11(14)7-10;/h3-4,7,9,15H,5-6,8H2,1-2H3;1H/t9-;/m1./s1. The fraction of sp³-hybridized carbons (Fsp3) is 0.462. The van der Waals surface area contributed by atoms with Gasteiger partial charge in [0.15, 0.2) is 0 Å². The van der Waals surface area contributed by atoms with Crippen LogP contribution in [-0.2, 0) is 0 Å². The van der Waals surface area contributed by atoms with Crippen molar-refractivity contribution in [1.29, 1.82) is 0 Å². The summed E-state index contributed by atoms with van der Waals surface area (Å²) in [4.78, 5) is 14.3. The Morgan fingerprint density at radius 2 is 2.26 bits per heavy atom. The summed E-state index contributed by atoms with van der Waals surface area (Å²) < 4.78 is 5.97. The van der Waals surface area contributed by atoms with Gasteiger partial charge in [0.05, 0.1) is 11.6 Å². The smallest absolute Gasteiger partial charge is 0.254 e. The first-order chi connectivity index (χ1) is 8.63. The van der Waals surface area contributed by atoms with Crippen molar-refractivity contribution < 1.29 is 9.53 Å². The third kappa shape index (κ3) is 3.61. The predicted octanol–water partition coefficient (Wildman–Crippen LogP) is 2.31. The first-order valence-corrected chi connectivity index (χ1v) is 6.78. The molecular formula is C13H18BrClN2O2. The summed E-state index contributed by atoms with van der Waals surface area (Å²) in [5.41, 5.74) is 0.691. The first-order valence-electron chi connectivity index (χ1n) is 5.98. The maximum Gasteiger partial charge on any atom is 0.254 e. The van der Waals surface area contributed by atoms with Crippen molar-refractivity contribution >= 4 is 34.2 Å². The SMILES string of the molecule is COc1ccc(C(=O)N2CCNC[C@H]2C)cc1Br.Cl. The molecule has 1 aromatic rings. The van der Waals surface area contributed by atoms with Gasteiger partial charge in [0.1, 0.15) is 5.75 Å². The fourth-order valence-corrected chi connectivity index (χ4v) is 2.65. The molecule has 1 heterocycles. The van der Waals surface area contributed by atoms with Crippen LogP contribution in [0.15, 0.2) is 22.7 Å². The number of carbonyl (C=O) groups excluding carboxylic acids is 1. The predicted molar refractivity (Wildman–Crippen MR) is 81.3 cm³/mol. The topological polar surface area (TPSA) is 41.6 Å². The minimum Gasteiger partial charge on any atom is -0.496 e. The molecule has 1 aromatic carbocycles. The summed E-state index contributed by atoms with van der Waals surface area (Å²) in [5.74, 6) is 0.812. The molecule has 1 aliphatic rings. The third-order valence-electron chi connectivity index (χ3n) is 3.16. The van der Waals surface area contributed by atoms with Gasteiger partial charge in [-0.2, -0.15) is 0 Å². The summed E-state index contributed by atoms with van der Waals surface area (Å²) in [6.45, 7) is 4.52. The number of halogens is 2. The molecule has 0 aromatic heterocycles. The average molecular weight is 350 g/mol. The Bertz CT molecular complexity index is 456. The lowest BCUT2D eigenvalue weighted by Gasteiger charge is -2.34. The lowest BCUT2D eigenvalue weighted by molar-refractivity contribution is 0.0655. The molecule has 1 atom stereocenters. The zero-order valence-electron chi connectivity index (χ0n) is 11.0. The first kappa shape index (κ1) is 16.3. The average Bonchev–Trinajstić information content (AvgIpc) is 2.38. The number of amides is 1. The van der Waals surface area contributed by atoms with Gasteiger partial charge in [0.25, 0.3) is 5.91 Å². The summed E-state index contributed by atoms with van der Waals surface area (Å²) in [6.07, 6.45) is 0. The van der Waals surface area contributed by atoms with Crippen LogP contribution in [0.4, 0.5) is 0 Å². The quantitative estimate of drug-likeness (QED) is 0.891. The van der Waals surface area contributed by atoms with Crippen LogP contribution in [0.5, 0.6) is 5.75 Å². The number of benzene rings is 1. The van der Waals surface area contributed by atoms with Crippen LogP contribution < -0.4 is 10.1 Å². The van der Waals surface area contributed by atoms with Crippen LogP contribution in [0.2, 0.25) is 0 Å². The molecule has 19 heavy (non-hydrogen) atoms. The van der Waals surface area contributed by atoms with E-state index in [1.54, 1.807) is 13.2 Å². The number of hydrogen-bond acceptors (Lipinski definition) is 3. The van der Waals surface area contributed by atoms with E-state index in [1.165, 1.54) is 0 Å². The zero-order chi connectivity index (χ0) is 13.1. The summed E-state index contributed by atoms with van der Waals surface area (Å²) in [5, 5.41) is 3.28. The van der Waals surface area contributed by atoms with Gasteiger partial charge >= 0.3 is 0 Å². The second-order valence-electron chi connectivity index (χ2n) is 4.40. The van der Waals surface area contributed by atoms with Gasteiger partial charge in [0.2, 0.25) is 0 Å². The highest BCUT2D eigenvalue weighted by molar-refractivity contribution is 9.10. The molecule has 0 unspecified atom stereocenters. The van der Waals surface area contributed by atoms with Crippen LogP contribution in [0.1, 0.15) is 17.3 Å². The lowest BCUT2D eigenvalue weighted by Crippen LogP contribution is -2.52. The molecule has 0 spiro atoms. The van der Waals surface area contributed by atoms with E-state index in [9.17, 15) is 4.79 Å². The summed E-state index contributed by atoms with van der Waals surface area (Å²) in [7, 11) is 1.61. The van der Waals surface area contributed by atoms with Crippen molar-refractivity contribution in [2.45, 2.75) is 13.0 Å². The Morgan fingerprint density at radius 1 is 1.53 bits per heavy atom. The van der Waals surface area contributed by atoms with Crippen LogP contribution in [-0.4, -0.2) is 43.6 Å². The van der Waals surface area contributed by atoms with E-state index in [2.05, 4.69) is 28.2 Å². The number of carbonyl (C=O) groups is 1. The second-order valence-corrected chi connectivity index (χ2v) is 5.26. The molecule has 0 aliphatic carbocycles. The van der Waals surface area contributed by atoms with E-state index in [-0.39, 0.29) is 24.4 Å². The zero-order valence-corrected chi connectivity index (χ0v) is 13.4. The van der Waals surface area contributed by atoms with Gasteiger partial charge in [-0.3, -0.25) is 4.79 Å². The molecule has 0 bridgehead atoms.